The molecule has 1 N–H and O–H groups in total. The number of hydrogen-bond acceptors (Lipinski definition) is 2. The first-order valence-corrected chi connectivity index (χ1v) is 7.79. The second kappa shape index (κ2) is 7.17. The highest BCUT2D eigenvalue weighted by Crippen LogP contribution is 2.31. The highest BCUT2D eigenvalue weighted by Gasteiger charge is 2.32. The Balaban J connectivity index is 2.30. The molecular weight excluding hydrogens is 331 g/mol. The quantitative estimate of drug-likeness (QED) is 0.849. The maximum Gasteiger partial charge on any atom is 0.573 e. The standard InChI is InChI=1S/C19H20F3NO2/c1-18(2,3)17(24)23-12-15-10-9-14(13-7-5-4-6-8-13)11-16(15)25-19(20,21)22/h4-11H,12H2,1-3H3,(H,23,24). The van der Waals surface area contributed by atoms with E-state index in [1.807, 2.05) is 6.07 Å². The number of nitrogens with one attached hydrogen (secondary N) is 1. The summed E-state index contributed by atoms with van der Waals surface area (Å²) >= 11 is 0. The van der Waals surface area contributed by atoms with Crippen molar-refractivity contribution in [2.45, 2.75) is 33.7 Å². The molecule has 0 radical (unpaired) electrons. The first kappa shape index (κ1) is 18.8. The van der Waals surface area contributed by atoms with E-state index >= 15 is 0 Å². The maximum absolute atomic E-state index is 12.7. The molecule has 0 unspecified atom stereocenters. The highest BCUT2D eigenvalue weighted by atomic mass is 19.4. The van der Waals surface area contributed by atoms with Gasteiger partial charge in [-0.15, -0.1) is 13.2 Å². The van der Waals surface area contributed by atoms with Gasteiger partial charge in [0.15, 0.2) is 0 Å². The number of carbonyl (C=O) groups excluding carboxylic acids is 1. The van der Waals surface area contributed by atoms with Gasteiger partial charge in [0.05, 0.1) is 0 Å². The summed E-state index contributed by atoms with van der Waals surface area (Å²) in [5.41, 5.74) is 1.01. The molecule has 0 atom stereocenters. The minimum atomic E-state index is -4.81. The summed E-state index contributed by atoms with van der Waals surface area (Å²) in [6.45, 7) is 5.15. The number of halogens is 3. The van der Waals surface area contributed by atoms with Gasteiger partial charge in [0.25, 0.3) is 0 Å². The van der Waals surface area contributed by atoms with E-state index in [1.165, 1.54) is 12.1 Å². The summed E-state index contributed by atoms with van der Waals surface area (Å²) in [6, 6.07) is 13.6. The fourth-order valence-electron chi connectivity index (χ4n) is 2.17. The fourth-order valence-corrected chi connectivity index (χ4v) is 2.17. The lowest BCUT2D eigenvalue weighted by Crippen LogP contribution is -2.34. The number of carbonyl (C=O) groups is 1. The molecule has 6 heteroatoms. The summed E-state index contributed by atoms with van der Waals surface area (Å²) in [7, 11) is 0. The number of alkyl halides is 3. The predicted octanol–water partition coefficient (Wildman–Crippen LogP) is 4.91. The largest absolute Gasteiger partial charge is 0.573 e. The van der Waals surface area contributed by atoms with Crippen molar-refractivity contribution >= 4 is 5.91 Å². The highest BCUT2D eigenvalue weighted by molar-refractivity contribution is 5.81. The van der Waals surface area contributed by atoms with Gasteiger partial charge >= 0.3 is 6.36 Å². The first-order chi connectivity index (χ1) is 11.6. The Morgan fingerprint density at radius 3 is 2.20 bits per heavy atom. The topological polar surface area (TPSA) is 38.3 Å². The Labute approximate surface area is 144 Å². The van der Waals surface area contributed by atoms with Crippen LogP contribution in [0.2, 0.25) is 0 Å². The van der Waals surface area contributed by atoms with E-state index < -0.39 is 11.8 Å². The summed E-state index contributed by atoms with van der Waals surface area (Å²) < 4.78 is 42.4. The zero-order chi connectivity index (χ0) is 18.7. The zero-order valence-electron chi connectivity index (χ0n) is 14.3. The third kappa shape index (κ3) is 5.52. The molecule has 0 aromatic heterocycles. The molecule has 0 heterocycles. The van der Waals surface area contributed by atoms with Crippen LogP contribution in [-0.4, -0.2) is 12.3 Å². The molecule has 2 aromatic rings. The molecule has 0 aliphatic carbocycles. The van der Waals surface area contributed by atoms with Crippen molar-refractivity contribution in [3.8, 4) is 16.9 Å². The van der Waals surface area contributed by atoms with Gasteiger partial charge in [-0.2, -0.15) is 0 Å². The van der Waals surface area contributed by atoms with Crippen LogP contribution in [0.3, 0.4) is 0 Å². The normalized spacial score (nSPS) is 11.9. The summed E-state index contributed by atoms with van der Waals surface area (Å²) in [5, 5.41) is 2.64. The van der Waals surface area contributed by atoms with Crippen LogP contribution in [0.25, 0.3) is 11.1 Å². The SMILES string of the molecule is CC(C)(C)C(=O)NCc1ccc(-c2ccccc2)cc1OC(F)(F)F. The van der Waals surface area contributed by atoms with Crippen LogP contribution in [-0.2, 0) is 11.3 Å². The minimum Gasteiger partial charge on any atom is -0.405 e. The van der Waals surface area contributed by atoms with Gasteiger partial charge in [-0.3, -0.25) is 4.79 Å². The molecule has 2 aromatic carbocycles. The third-order valence-corrected chi connectivity index (χ3v) is 3.52. The van der Waals surface area contributed by atoms with Crippen molar-refractivity contribution in [2.75, 3.05) is 0 Å². The summed E-state index contributed by atoms with van der Waals surface area (Å²) in [4.78, 5) is 11.9. The van der Waals surface area contributed by atoms with Gasteiger partial charge in [0.1, 0.15) is 5.75 Å². The van der Waals surface area contributed by atoms with Crippen molar-refractivity contribution in [3.63, 3.8) is 0 Å². The Morgan fingerprint density at radius 2 is 1.64 bits per heavy atom. The Hall–Kier alpha value is -2.50. The number of benzene rings is 2. The Kier molecular flexibility index (Phi) is 5.40. The van der Waals surface area contributed by atoms with E-state index in [9.17, 15) is 18.0 Å². The number of rotatable bonds is 4. The molecule has 0 saturated carbocycles. The molecular formula is C19H20F3NO2. The molecule has 0 fully saturated rings. The lowest BCUT2D eigenvalue weighted by Gasteiger charge is -2.19. The zero-order valence-corrected chi connectivity index (χ0v) is 14.3. The fraction of sp³-hybridized carbons (Fsp3) is 0.316. The van der Waals surface area contributed by atoms with Crippen molar-refractivity contribution in [1.82, 2.24) is 5.32 Å². The predicted molar refractivity (Wildman–Crippen MR) is 89.9 cm³/mol. The lowest BCUT2D eigenvalue weighted by molar-refractivity contribution is -0.274. The summed E-state index contributed by atoms with van der Waals surface area (Å²) in [5.74, 6) is -0.569. The molecule has 1 amide bonds. The molecule has 0 aliphatic heterocycles. The number of hydrogen-bond donors (Lipinski definition) is 1. The van der Waals surface area contributed by atoms with Crippen LogP contribution in [0.1, 0.15) is 26.3 Å². The van der Waals surface area contributed by atoms with E-state index in [2.05, 4.69) is 10.1 Å². The van der Waals surface area contributed by atoms with Crippen LogP contribution in [0.5, 0.6) is 5.75 Å². The van der Waals surface area contributed by atoms with E-state index in [4.69, 9.17) is 0 Å². The van der Waals surface area contributed by atoms with Crippen LogP contribution in [0.4, 0.5) is 13.2 Å². The molecule has 0 aliphatic rings. The van der Waals surface area contributed by atoms with Crippen LogP contribution >= 0.6 is 0 Å². The lowest BCUT2D eigenvalue weighted by atomic mass is 9.95. The van der Waals surface area contributed by atoms with Crippen molar-refractivity contribution in [2.24, 2.45) is 5.41 Å². The van der Waals surface area contributed by atoms with Gasteiger partial charge in [-0.05, 0) is 17.2 Å². The van der Waals surface area contributed by atoms with E-state index in [0.717, 1.165) is 5.56 Å². The molecule has 0 bridgehead atoms. The third-order valence-electron chi connectivity index (χ3n) is 3.52. The van der Waals surface area contributed by atoms with Gasteiger partial charge < -0.3 is 10.1 Å². The average molecular weight is 351 g/mol. The Morgan fingerprint density at radius 1 is 1.00 bits per heavy atom. The van der Waals surface area contributed by atoms with Crippen LogP contribution < -0.4 is 10.1 Å². The number of ether oxygens (including phenoxy) is 1. The van der Waals surface area contributed by atoms with E-state index in [1.54, 1.807) is 51.1 Å². The van der Waals surface area contributed by atoms with E-state index in [0.29, 0.717) is 5.56 Å². The molecule has 2 rings (SSSR count). The van der Waals surface area contributed by atoms with Crippen molar-refractivity contribution in [3.05, 3.63) is 54.1 Å². The second-order valence-corrected chi connectivity index (χ2v) is 6.67. The van der Waals surface area contributed by atoms with Crippen molar-refractivity contribution < 1.29 is 22.7 Å². The first-order valence-electron chi connectivity index (χ1n) is 7.79. The molecule has 25 heavy (non-hydrogen) atoms. The van der Waals surface area contributed by atoms with Gasteiger partial charge in [-0.25, -0.2) is 0 Å². The van der Waals surface area contributed by atoms with Crippen LogP contribution in [0.15, 0.2) is 48.5 Å². The molecule has 0 spiro atoms. The monoisotopic (exact) mass is 351 g/mol. The molecule has 0 saturated heterocycles. The molecule has 3 nitrogen and oxygen atoms in total. The van der Waals surface area contributed by atoms with E-state index in [-0.39, 0.29) is 23.8 Å². The smallest absolute Gasteiger partial charge is 0.405 e. The summed E-state index contributed by atoms with van der Waals surface area (Å²) in [6.07, 6.45) is -4.81. The van der Waals surface area contributed by atoms with Gasteiger partial charge in [-0.1, -0.05) is 63.2 Å². The number of amides is 1. The van der Waals surface area contributed by atoms with Crippen LogP contribution in [0, 0.1) is 5.41 Å². The minimum absolute atomic E-state index is 0.0451. The maximum atomic E-state index is 12.7. The average Bonchev–Trinajstić information content (AvgIpc) is 2.51. The van der Waals surface area contributed by atoms with Gasteiger partial charge in [0.2, 0.25) is 5.91 Å². The second-order valence-electron chi connectivity index (χ2n) is 6.67. The Bertz CT molecular complexity index is 735. The van der Waals surface area contributed by atoms with Crippen molar-refractivity contribution in [1.29, 1.82) is 0 Å². The molecule has 134 valence electrons. The van der Waals surface area contributed by atoms with Gasteiger partial charge in [0, 0.05) is 17.5 Å².